The predicted molar refractivity (Wildman–Crippen MR) is 112 cm³/mol. The molecule has 5 nitrogen and oxygen atoms in total. The van der Waals surface area contributed by atoms with Gasteiger partial charge < -0.3 is 5.32 Å². The molecule has 8 heteroatoms. The summed E-state index contributed by atoms with van der Waals surface area (Å²) in [6.45, 7) is 1.01. The maximum Gasteiger partial charge on any atom is 0.163 e. The Hall–Kier alpha value is -2.51. The second kappa shape index (κ2) is 8.24. The van der Waals surface area contributed by atoms with Gasteiger partial charge in [0.05, 0.1) is 23.5 Å². The second-order valence-corrected chi connectivity index (χ2v) is 7.73. The Bertz CT molecular complexity index is 1080. The van der Waals surface area contributed by atoms with Gasteiger partial charge in [-0.2, -0.15) is 5.10 Å². The summed E-state index contributed by atoms with van der Waals surface area (Å²) in [4.78, 5) is 8.67. The van der Waals surface area contributed by atoms with Crippen molar-refractivity contribution in [2.24, 2.45) is 0 Å². The quantitative estimate of drug-likeness (QED) is 0.396. The van der Waals surface area contributed by atoms with Crippen molar-refractivity contribution in [1.29, 1.82) is 0 Å². The van der Waals surface area contributed by atoms with Gasteiger partial charge in [0.1, 0.15) is 18.0 Å². The van der Waals surface area contributed by atoms with Crippen molar-refractivity contribution in [3.05, 3.63) is 82.5 Å². The molecule has 0 fully saturated rings. The minimum atomic E-state index is -0.254. The Balaban J connectivity index is 1.52. The van der Waals surface area contributed by atoms with Crippen LogP contribution in [0.3, 0.4) is 0 Å². The summed E-state index contributed by atoms with van der Waals surface area (Å²) in [6, 6.07) is 14.2. The van der Waals surface area contributed by atoms with Crippen LogP contribution in [0.2, 0.25) is 0 Å². The van der Waals surface area contributed by atoms with Gasteiger partial charge in [-0.3, -0.25) is 0 Å². The van der Waals surface area contributed by atoms with Gasteiger partial charge in [0.25, 0.3) is 0 Å². The molecular weight excluding hydrogens is 445 g/mol. The third-order valence-corrected chi connectivity index (χ3v) is 5.29. The number of nitrogens with one attached hydrogen (secondary N) is 1. The Labute approximate surface area is 174 Å². The van der Waals surface area contributed by atoms with E-state index < -0.39 is 0 Å². The highest BCUT2D eigenvalue weighted by Gasteiger charge is 2.14. The van der Waals surface area contributed by atoms with Crippen molar-refractivity contribution in [3.8, 4) is 0 Å². The van der Waals surface area contributed by atoms with Crippen molar-refractivity contribution >= 4 is 44.4 Å². The lowest BCUT2D eigenvalue weighted by molar-refractivity contribution is 0.615. The van der Waals surface area contributed by atoms with E-state index in [0.717, 1.165) is 21.0 Å². The zero-order valence-corrected chi connectivity index (χ0v) is 17.0. The summed E-state index contributed by atoms with van der Waals surface area (Å²) in [7, 11) is 0. The van der Waals surface area contributed by atoms with Gasteiger partial charge in [0.2, 0.25) is 0 Å². The van der Waals surface area contributed by atoms with E-state index in [9.17, 15) is 4.39 Å². The molecule has 28 heavy (non-hydrogen) atoms. The molecule has 0 bridgehead atoms. The number of aromatic nitrogens is 4. The van der Waals surface area contributed by atoms with Crippen LogP contribution in [0.25, 0.3) is 11.0 Å². The van der Waals surface area contributed by atoms with Gasteiger partial charge in [0, 0.05) is 11.0 Å². The first-order valence-electron chi connectivity index (χ1n) is 8.64. The van der Waals surface area contributed by atoms with Crippen LogP contribution in [0.15, 0.2) is 65.5 Å². The number of fused-ring (bicyclic) bond motifs is 1. The number of rotatable bonds is 6. The van der Waals surface area contributed by atoms with Crippen molar-refractivity contribution in [3.63, 3.8) is 0 Å². The molecule has 2 heterocycles. The molecule has 0 aliphatic heterocycles. The van der Waals surface area contributed by atoms with E-state index in [1.807, 2.05) is 24.3 Å². The van der Waals surface area contributed by atoms with Crippen LogP contribution in [0.1, 0.15) is 16.5 Å². The molecule has 0 radical (unpaired) electrons. The van der Waals surface area contributed by atoms with Crippen molar-refractivity contribution in [2.45, 2.75) is 18.5 Å². The zero-order valence-electron chi connectivity index (χ0n) is 14.7. The minimum absolute atomic E-state index is 0.234. The van der Waals surface area contributed by atoms with E-state index in [2.05, 4.69) is 36.3 Å². The molecule has 0 aliphatic carbocycles. The Morgan fingerprint density at radius 2 is 1.82 bits per heavy atom. The Morgan fingerprint density at radius 3 is 2.57 bits per heavy atom. The summed E-state index contributed by atoms with van der Waals surface area (Å²) in [6.07, 6.45) is 3.23. The molecule has 1 N–H and O–H groups in total. The van der Waals surface area contributed by atoms with E-state index in [4.69, 9.17) is 11.6 Å². The number of hydrogen-bond acceptors (Lipinski definition) is 4. The molecule has 142 valence electrons. The van der Waals surface area contributed by atoms with E-state index in [1.54, 1.807) is 23.0 Å². The fourth-order valence-electron chi connectivity index (χ4n) is 2.88. The van der Waals surface area contributed by atoms with Crippen LogP contribution in [0, 0.1) is 5.82 Å². The van der Waals surface area contributed by atoms with Crippen LogP contribution in [-0.4, -0.2) is 19.7 Å². The summed E-state index contributed by atoms with van der Waals surface area (Å²) in [5, 5.41) is 8.27. The van der Waals surface area contributed by atoms with E-state index in [1.165, 1.54) is 18.5 Å². The minimum Gasteiger partial charge on any atom is -0.365 e. The highest BCUT2D eigenvalue weighted by Crippen LogP contribution is 2.26. The number of anilines is 1. The third kappa shape index (κ3) is 4.15. The average Bonchev–Trinajstić information content (AvgIpc) is 3.11. The van der Waals surface area contributed by atoms with Gasteiger partial charge in [-0.25, -0.2) is 19.0 Å². The maximum absolute atomic E-state index is 13.0. The molecule has 4 aromatic rings. The van der Waals surface area contributed by atoms with Gasteiger partial charge in [-0.15, -0.1) is 11.6 Å². The Morgan fingerprint density at radius 1 is 1.07 bits per heavy atom. The first kappa shape index (κ1) is 18.8. The van der Waals surface area contributed by atoms with Crippen molar-refractivity contribution in [1.82, 2.24) is 19.7 Å². The van der Waals surface area contributed by atoms with Gasteiger partial charge in [-0.05, 0) is 35.4 Å². The lowest BCUT2D eigenvalue weighted by Gasteiger charge is -2.11. The number of halogens is 3. The molecule has 4 rings (SSSR count). The second-order valence-electron chi connectivity index (χ2n) is 6.29. The number of nitrogens with zero attached hydrogens (tertiary/aromatic N) is 4. The molecule has 1 unspecified atom stereocenters. The van der Waals surface area contributed by atoms with Gasteiger partial charge in [0.15, 0.2) is 5.65 Å². The fraction of sp³-hybridized carbons (Fsp3) is 0.150. The van der Waals surface area contributed by atoms with Gasteiger partial charge >= 0.3 is 0 Å². The molecule has 0 spiro atoms. The molecule has 1 atom stereocenters. The van der Waals surface area contributed by atoms with Crippen LogP contribution < -0.4 is 5.32 Å². The molecular formula is C20H16BrClFN5. The first-order valence-corrected chi connectivity index (χ1v) is 9.87. The van der Waals surface area contributed by atoms with Crippen LogP contribution in [-0.2, 0) is 13.1 Å². The molecule has 0 saturated heterocycles. The van der Waals surface area contributed by atoms with E-state index in [0.29, 0.717) is 24.6 Å². The standard InChI is InChI=1S/C20H16BrClFN5/c21-15-5-3-14(4-6-15)18(22)11-28-20-17(10-27-28)19(25-12-26-20)24-9-13-1-7-16(23)8-2-13/h1-8,10,12,18H,9,11H2,(H,24,25,26). The van der Waals surface area contributed by atoms with Gasteiger partial charge in [-0.1, -0.05) is 40.2 Å². The summed E-state index contributed by atoms with van der Waals surface area (Å²) >= 11 is 10.0. The SMILES string of the molecule is Fc1ccc(CNc2ncnc3c2cnn3CC(Cl)c2ccc(Br)cc2)cc1. The summed E-state index contributed by atoms with van der Waals surface area (Å²) < 4.78 is 15.8. The maximum atomic E-state index is 13.0. The van der Waals surface area contributed by atoms with Crippen molar-refractivity contribution in [2.75, 3.05) is 5.32 Å². The average molecular weight is 461 g/mol. The van der Waals surface area contributed by atoms with E-state index in [-0.39, 0.29) is 11.2 Å². The zero-order chi connectivity index (χ0) is 19.5. The number of alkyl halides is 1. The summed E-state index contributed by atoms with van der Waals surface area (Å²) in [5.74, 6) is 0.422. The predicted octanol–water partition coefficient (Wildman–Crippen LogP) is 5.32. The van der Waals surface area contributed by atoms with Crippen LogP contribution >= 0.6 is 27.5 Å². The normalized spacial score (nSPS) is 12.2. The van der Waals surface area contributed by atoms with Crippen LogP contribution in [0.4, 0.5) is 10.2 Å². The molecule has 0 amide bonds. The number of hydrogen-bond donors (Lipinski definition) is 1. The third-order valence-electron chi connectivity index (χ3n) is 4.37. The first-order chi connectivity index (χ1) is 13.6. The molecule has 2 aromatic heterocycles. The lowest BCUT2D eigenvalue weighted by Crippen LogP contribution is -2.07. The highest BCUT2D eigenvalue weighted by molar-refractivity contribution is 9.10. The lowest BCUT2D eigenvalue weighted by atomic mass is 10.1. The number of benzene rings is 2. The van der Waals surface area contributed by atoms with E-state index >= 15 is 0 Å². The summed E-state index contributed by atoms with van der Waals surface area (Å²) in [5.41, 5.74) is 2.67. The van der Waals surface area contributed by atoms with Crippen molar-refractivity contribution < 1.29 is 4.39 Å². The molecule has 0 aliphatic rings. The largest absolute Gasteiger partial charge is 0.365 e. The molecule has 0 saturated carbocycles. The fourth-order valence-corrected chi connectivity index (χ4v) is 3.42. The topological polar surface area (TPSA) is 55.6 Å². The Kier molecular flexibility index (Phi) is 5.54. The monoisotopic (exact) mass is 459 g/mol. The van der Waals surface area contributed by atoms with Crippen LogP contribution in [0.5, 0.6) is 0 Å². The smallest absolute Gasteiger partial charge is 0.163 e. The highest BCUT2D eigenvalue weighted by atomic mass is 79.9. The molecule has 2 aromatic carbocycles.